The lowest BCUT2D eigenvalue weighted by atomic mass is 9.95. The van der Waals surface area contributed by atoms with Crippen molar-refractivity contribution in [2.45, 2.75) is 58.0 Å². The van der Waals surface area contributed by atoms with E-state index >= 15 is 0 Å². The number of ether oxygens (including phenoxy) is 1. The smallest absolute Gasteiger partial charge is 0.320 e. The first-order valence-electron chi connectivity index (χ1n) is 13.9. The Morgan fingerprint density at radius 1 is 1.05 bits per heavy atom. The van der Waals surface area contributed by atoms with E-state index < -0.39 is 12.0 Å². The SMILES string of the molecule is Cc1cc(OCCCCC#N)c(CN2CCCCC2C(=O)O)cc1/C=C/c1cccc(-c2ccccc2)c1C#N. The zero-order valence-corrected chi connectivity index (χ0v) is 23.0. The van der Waals surface area contributed by atoms with Crippen LogP contribution >= 0.6 is 0 Å². The summed E-state index contributed by atoms with van der Waals surface area (Å²) in [6.45, 7) is 3.75. The topological polar surface area (TPSA) is 97.3 Å². The monoisotopic (exact) mass is 533 g/mol. The van der Waals surface area contributed by atoms with Gasteiger partial charge in [0.05, 0.1) is 18.2 Å². The molecule has 1 aliphatic heterocycles. The molecule has 0 radical (unpaired) electrons. The highest BCUT2D eigenvalue weighted by Crippen LogP contribution is 2.31. The van der Waals surface area contributed by atoms with Crippen LogP contribution in [-0.2, 0) is 11.3 Å². The summed E-state index contributed by atoms with van der Waals surface area (Å²) in [6, 6.07) is 23.9. The van der Waals surface area contributed by atoms with E-state index in [2.05, 4.69) is 18.2 Å². The fraction of sp³-hybridized carbons (Fsp3) is 0.324. The first kappa shape index (κ1) is 28.6. The van der Waals surface area contributed by atoms with Gasteiger partial charge in [0, 0.05) is 24.1 Å². The molecule has 6 heteroatoms. The van der Waals surface area contributed by atoms with E-state index in [0.29, 0.717) is 31.6 Å². The summed E-state index contributed by atoms with van der Waals surface area (Å²) in [5.41, 5.74) is 6.31. The number of unbranched alkanes of at least 4 members (excludes halogenated alkanes) is 2. The zero-order valence-electron chi connectivity index (χ0n) is 23.0. The summed E-state index contributed by atoms with van der Waals surface area (Å²) in [7, 11) is 0. The molecule has 1 fully saturated rings. The Morgan fingerprint density at radius 3 is 2.60 bits per heavy atom. The molecule has 3 aromatic carbocycles. The molecule has 0 saturated carbocycles. The van der Waals surface area contributed by atoms with Gasteiger partial charge in [-0.25, -0.2) is 0 Å². The van der Waals surface area contributed by atoms with Crippen molar-refractivity contribution in [2.75, 3.05) is 13.2 Å². The van der Waals surface area contributed by atoms with Crippen molar-refractivity contribution in [3.63, 3.8) is 0 Å². The van der Waals surface area contributed by atoms with Gasteiger partial charge in [0.2, 0.25) is 0 Å². The van der Waals surface area contributed by atoms with Crippen molar-refractivity contribution in [3.8, 4) is 29.0 Å². The molecule has 3 aromatic rings. The van der Waals surface area contributed by atoms with Crippen LogP contribution in [-0.4, -0.2) is 35.2 Å². The Bertz CT molecular complexity index is 1430. The summed E-state index contributed by atoms with van der Waals surface area (Å²) < 4.78 is 6.17. The Morgan fingerprint density at radius 2 is 1.85 bits per heavy atom. The number of aliphatic carboxylic acids is 1. The molecule has 1 N–H and O–H groups in total. The first-order chi connectivity index (χ1) is 19.5. The second-order valence-corrected chi connectivity index (χ2v) is 10.2. The Hall–Kier alpha value is -4.39. The van der Waals surface area contributed by atoms with Crippen molar-refractivity contribution in [1.82, 2.24) is 4.90 Å². The maximum Gasteiger partial charge on any atom is 0.320 e. The Labute approximate surface area is 236 Å². The van der Waals surface area contributed by atoms with E-state index in [1.165, 1.54) is 0 Å². The highest BCUT2D eigenvalue weighted by molar-refractivity contribution is 5.81. The Balaban J connectivity index is 1.65. The zero-order chi connectivity index (χ0) is 28.3. The molecular weight excluding hydrogens is 498 g/mol. The van der Waals surface area contributed by atoms with Gasteiger partial charge in [-0.2, -0.15) is 10.5 Å². The fourth-order valence-corrected chi connectivity index (χ4v) is 5.22. The number of benzene rings is 3. The highest BCUT2D eigenvalue weighted by atomic mass is 16.5. The van der Waals surface area contributed by atoms with E-state index in [9.17, 15) is 15.2 Å². The third-order valence-electron chi connectivity index (χ3n) is 7.40. The van der Waals surface area contributed by atoms with Crippen molar-refractivity contribution >= 4 is 18.1 Å². The van der Waals surface area contributed by atoms with Gasteiger partial charge in [-0.15, -0.1) is 0 Å². The van der Waals surface area contributed by atoms with Crippen LogP contribution in [0.3, 0.4) is 0 Å². The second kappa shape index (κ2) is 14.1. The lowest BCUT2D eigenvalue weighted by Crippen LogP contribution is -2.44. The molecule has 0 aromatic heterocycles. The molecule has 1 saturated heterocycles. The molecule has 204 valence electrons. The molecule has 1 heterocycles. The van der Waals surface area contributed by atoms with Crippen LogP contribution < -0.4 is 4.74 Å². The van der Waals surface area contributed by atoms with Crippen LogP contribution in [0.2, 0.25) is 0 Å². The summed E-state index contributed by atoms with van der Waals surface area (Å²) in [5, 5.41) is 28.6. The summed E-state index contributed by atoms with van der Waals surface area (Å²) in [6.07, 6.45) is 8.59. The number of piperidine rings is 1. The predicted octanol–water partition coefficient (Wildman–Crippen LogP) is 7.22. The number of nitrogens with zero attached hydrogens (tertiary/aromatic N) is 3. The summed E-state index contributed by atoms with van der Waals surface area (Å²) >= 11 is 0. The van der Waals surface area contributed by atoms with Crippen LogP contribution in [0, 0.1) is 29.6 Å². The molecule has 6 nitrogen and oxygen atoms in total. The number of hydrogen-bond acceptors (Lipinski definition) is 5. The largest absolute Gasteiger partial charge is 0.493 e. The van der Waals surface area contributed by atoms with Crippen molar-refractivity contribution < 1.29 is 14.6 Å². The number of carbonyl (C=O) groups is 1. The minimum absolute atomic E-state index is 0.485. The maximum absolute atomic E-state index is 11.9. The number of rotatable bonds is 11. The van der Waals surface area contributed by atoms with E-state index in [1.54, 1.807) is 0 Å². The molecule has 0 bridgehead atoms. The Kier molecular flexibility index (Phi) is 10.1. The number of nitriles is 2. The van der Waals surface area contributed by atoms with Crippen LogP contribution in [0.25, 0.3) is 23.3 Å². The van der Waals surface area contributed by atoms with Gasteiger partial charge in [0.25, 0.3) is 0 Å². The van der Waals surface area contributed by atoms with E-state index in [-0.39, 0.29) is 0 Å². The summed E-state index contributed by atoms with van der Waals surface area (Å²) in [5.74, 6) is -0.0293. The quantitative estimate of drug-likeness (QED) is 0.206. The van der Waals surface area contributed by atoms with Gasteiger partial charge < -0.3 is 9.84 Å². The molecule has 1 unspecified atom stereocenters. The fourth-order valence-electron chi connectivity index (χ4n) is 5.22. The van der Waals surface area contributed by atoms with Crippen LogP contribution in [0.1, 0.15) is 66.3 Å². The maximum atomic E-state index is 11.9. The molecule has 1 atom stereocenters. The van der Waals surface area contributed by atoms with Gasteiger partial charge in [0.1, 0.15) is 17.9 Å². The van der Waals surface area contributed by atoms with Gasteiger partial charge in [0.15, 0.2) is 0 Å². The average molecular weight is 534 g/mol. The molecule has 40 heavy (non-hydrogen) atoms. The third-order valence-corrected chi connectivity index (χ3v) is 7.40. The molecule has 0 aliphatic carbocycles. The predicted molar refractivity (Wildman–Crippen MR) is 157 cm³/mol. The van der Waals surface area contributed by atoms with E-state index in [1.807, 2.05) is 78.6 Å². The number of carboxylic acids is 1. The molecule has 0 spiro atoms. The van der Waals surface area contributed by atoms with E-state index in [4.69, 9.17) is 10.00 Å². The summed E-state index contributed by atoms with van der Waals surface area (Å²) in [4.78, 5) is 14.0. The molecule has 0 amide bonds. The van der Waals surface area contributed by atoms with Crippen molar-refractivity contribution in [2.24, 2.45) is 0 Å². The normalized spacial score (nSPS) is 15.4. The third kappa shape index (κ3) is 7.17. The number of carboxylic acid groups (broad SMARTS) is 1. The number of likely N-dealkylation sites (tertiary alicyclic amines) is 1. The first-order valence-corrected chi connectivity index (χ1v) is 13.9. The van der Waals surface area contributed by atoms with E-state index in [0.717, 1.165) is 71.4 Å². The molecule has 1 aliphatic rings. The van der Waals surface area contributed by atoms with Crippen LogP contribution in [0.5, 0.6) is 5.75 Å². The molecule has 4 rings (SSSR count). The minimum Gasteiger partial charge on any atom is -0.493 e. The van der Waals surface area contributed by atoms with Crippen LogP contribution in [0.4, 0.5) is 0 Å². The van der Waals surface area contributed by atoms with Crippen molar-refractivity contribution in [1.29, 1.82) is 10.5 Å². The number of aryl methyl sites for hydroxylation is 1. The lowest BCUT2D eigenvalue weighted by Gasteiger charge is -2.33. The van der Waals surface area contributed by atoms with Crippen molar-refractivity contribution in [3.05, 3.63) is 88.5 Å². The van der Waals surface area contributed by atoms with Gasteiger partial charge in [-0.1, -0.05) is 67.1 Å². The second-order valence-electron chi connectivity index (χ2n) is 10.2. The molecular formula is C34H35N3O3. The van der Waals surface area contributed by atoms with Gasteiger partial charge in [-0.05, 0) is 73.5 Å². The highest BCUT2D eigenvalue weighted by Gasteiger charge is 2.29. The van der Waals surface area contributed by atoms with Gasteiger partial charge in [-0.3, -0.25) is 9.69 Å². The number of hydrogen-bond donors (Lipinski definition) is 1. The van der Waals surface area contributed by atoms with Gasteiger partial charge >= 0.3 is 5.97 Å². The minimum atomic E-state index is -0.784. The standard InChI is InChI=1S/C34H35N3O3/c1-25-21-33(40-20-9-3-7-18-35)29(24-37-19-8-6-15-32(37)34(38)39)22-28(25)17-16-27-13-10-14-30(31(27)23-36)26-11-4-2-5-12-26/h2,4-5,10-14,16-17,21-22,32H,3,6-9,15,19-20,24H2,1H3,(H,38,39)/b17-16+. The average Bonchev–Trinajstić information content (AvgIpc) is 2.97. The lowest BCUT2D eigenvalue weighted by molar-refractivity contribution is -0.144. The van der Waals surface area contributed by atoms with Crippen LogP contribution in [0.15, 0.2) is 60.7 Å².